The Kier molecular flexibility index (Phi) is 9.02. The average Bonchev–Trinajstić information content (AvgIpc) is 2.72. The quantitative estimate of drug-likeness (QED) is 0.564. The topological polar surface area (TPSA) is 70.7 Å². The van der Waals surface area contributed by atoms with Crippen LogP contribution in [0.25, 0.3) is 0 Å². The molecule has 0 saturated heterocycles. The Bertz CT molecular complexity index is 771. The lowest BCUT2D eigenvalue weighted by Crippen LogP contribution is -2.22. The third-order valence-corrected chi connectivity index (χ3v) is 4.44. The van der Waals surface area contributed by atoms with Crippen molar-refractivity contribution < 1.29 is 14.3 Å². The van der Waals surface area contributed by atoms with Crippen molar-refractivity contribution in [3.63, 3.8) is 0 Å². The van der Waals surface area contributed by atoms with Gasteiger partial charge >= 0.3 is 0 Å². The molecule has 6 nitrogen and oxygen atoms in total. The Morgan fingerprint density at radius 2 is 1.62 bits per heavy atom. The molecule has 156 valence electrons. The van der Waals surface area contributed by atoms with Crippen molar-refractivity contribution in [3.8, 4) is 5.75 Å². The minimum atomic E-state index is -0.120. The van der Waals surface area contributed by atoms with Crippen LogP contribution in [0.4, 0.5) is 11.4 Å². The summed E-state index contributed by atoms with van der Waals surface area (Å²) in [5.41, 5.74) is 2.69. The van der Waals surface area contributed by atoms with Crippen LogP contribution in [0.3, 0.4) is 0 Å². The molecule has 2 aromatic carbocycles. The van der Waals surface area contributed by atoms with Crippen LogP contribution in [0.5, 0.6) is 5.75 Å². The van der Waals surface area contributed by atoms with Crippen molar-refractivity contribution in [3.05, 3.63) is 54.1 Å². The number of amides is 2. The Hall–Kier alpha value is -3.02. The number of carbonyl (C=O) groups excluding carboxylic acids is 2. The molecule has 0 bridgehead atoms. The molecule has 0 saturated carbocycles. The van der Waals surface area contributed by atoms with E-state index in [-0.39, 0.29) is 18.4 Å². The van der Waals surface area contributed by atoms with E-state index in [4.69, 9.17) is 4.74 Å². The van der Waals surface area contributed by atoms with Gasteiger partial charge in [-0.1, -0.05) is 25.5 Å². The summed E-state index contributed by atoms with van der Waals surface area (Å²) in [5, 5.41) is 5.97. The van der Waals surface area contributed by atoms with Gasteiger partial charge in [-0.25, -0.2) is 0 Å². The average molecular weight is 398 g/mol. The first-order valence-electron chi connectivity index (χ1n) is 10.0. The van der Waals surface area contributed by atoms with Crippen LogP contribution in [0.1, 0.15) is 31.7 Å². The van der Waals surface area contributed by atoms with Gasteiger partial charge in [-0.15, -0.1) is 0 Å². The number of aryl methyl sites for hydroxylation is 1. The third kappa shape index (κ3) is 8.25. The number of rotatable bonds is 11. The second-order valence-electron chi connectivity index (χ2n) is 7.11. The number of unbranched alkanes of at least 4 members (excludes halogenated alkanes) is 1. The van der Waals surface area contributed by atoms with Gasteiger partial charge in [0, 0.05) is 31.9 Å². The van der Waals surface area contributed by atoms with Gasteiger partial charge in [0.1, 0.15) is 5.75 Å². The second kappa shape index (κ2) is 11.7. The molecular formula is C23H31N3O3. The summed E-state index contributed by atoms with van der Waals surface area (Å²) in [4.78, 5) is 25.4. The number of ether oxygens (including phenoxy) is 1. The van der Waals surface area contributed by atoms with E-state index in [1.165, 1.54) is 0 Å². The first-order valence-corrected chi connectivity index (χ1v) is 10.0. The minimum Gasteiger partial charge on any atom is -0.494 e. The van der Waals surface area contributed by atoms with Crippen LogP contribution in [-0.2, 0) is 16.0 Å². The fraction of sp³-hybridized carbons (Fsp3) is 0.391. The first-order chi connectivity index (χ1) is 14.0. The maximum absolute atomic E-state index is 12.1. The second-order valence-corrected chi connectivity index (χ2v) is 7.11. The SMILES string of the molecule is CCCCOc1ccc(NC(=O)CNc2ccc(CCC(=O)N(C)C)cc2)cc1. The van der Waals surface area contributed by atoms with E-state index < -0.39 is 0 Å². The van der Waals surface area contributed by atoms with E-state index in [0.717, 1.165) is 35.5 Å². The predicted molar refractivity (Wildman–Crippen MR) is 117 cm³/mol. The van der Waals surface area contributed by atoms with Crippen molar-refractivity contribution in [2.45, 2.75) is 32.6 Å². The van der Waals surface area contributed by atoms with Gasteiger partial charge in [-0.3, -0.25) is 9.59 Å². The number of hydrogen-bond acceptors (Lipinski definition) is 4. The summed E-state index contributed by atoms with van der Waals surface area (Å²) in [6.45, 7) is 3.00. The molecule has 0 aliphatic heterocycles. The van der Waals surface area contributed by atoms with Crippen LogP contribution in [0.2, 0.25) is 0 Å². The van der Waals surface area contributed by atoms with Crippen LogP contribution in [-0.4, -0.2) is 44.0 Å². The third-order valence-electron chi connectivity index (χ3n) is 4.44. The van der Waals surface area contributed by atoms with Crippen molar-refractivity contribution in [1.29, 1.82) is 0 Å². The van der Waals surface area contributed by atoms with E-state index in [1.54, 1.807) is 19.0 Å². The lowest BCUT2D eigenvalue weighted by atomic mass is 10.1. The van der Waals surface area contributed by atoms with Gasteiger partial charge in [0.15, 0.2) is 0 Å². The summed E-state index contributed by atoms with van der Waals surface area (Å²) >= 11 is 0. The maximum atomic E-state index is 12.1. The highest BCUT2D eigenvalue weighted by Gasteiger charge is 2.05. The van der Waals surface area contributed by atoms with Gasteiger partial charge in [-0.2, -0.15) is 0 Å². The van der Waals surface area contributed by atoms with E-state index in [2.05, 4.69) is 17.6 Å². The zero-order valence-electron chi connectivity index (χ0n) is 17.5. The summed E-state index contributed by atoms with van der Waals surface area (Å²) in [6.07, 6.45) is 3.32. The number of nitrogens with one attached hydrogen (secondary N) is 2. The molecule has 0 radical (unpaired) electrons. The molecular weight excluding hydrogens is 366 g/mol. The van der Waals surface area contributed by atoms with E-state index >= 15 is 0 Å². The molecule has 0 atom stereocenters. The summed E-state index contributed by atoms with van der Waals surface area (Å²) < 4.78 is 5.62. The number of benzene rings is 2. The van der Waals surface area contributed by atoms with Crippen LogP contribution in [0, 0.1) is 0 Å². The van der Waals surface area contributed by atoms with Gasteiger partial charge in [0.05, 0.1) is 13.2 Å². The van der Waals surface area contributed by atoms with Crippen molar-refractivity contribution in [1.82, 2.24) is 4.90 Å². The fourth-order valence-corrected chi connectivity index (χ4v) is 2.62. The number of nitrogens with zero attached hydrogens (tertiary/aromatic N) is 1. The molecule has 0 aliphatic rings. The highest BCUT2D eigenvalue weighted by molar-refractivity contribution is 5.93. The lowest BCUT2D eigenvalue weighted by Gasteiger charge is -2.11. The zero-order chi connectivity index (χ0) is 21.1. The first kappa shape index (κ1) is 22.3. The Morgan fingerprint density at radius 1 is 0.966 bits per heavy atom. The molecule has 0 heterocycles. The van der Waals surface area contributed by atoms with E-state index in [9.17, 15) is 9.59 Å². The Morgan fingerprint density at radius 3 is 2.24 bits per heavy atom. The van der Waals surface area contributed by atoms with E-state index in [1.807, 2.05) is 48.5 Å². The largest absolute Gasteiger partial charge is 0.494 e. The standard InChI is InChI=1S/C23H31N3O3/c1-4-5-16-29-21-13-11-20(12-14-21)25-22(27)17-24-19-9-6-18(7-10-19)8-15-23(28)26(2)3/h6-7,9-14,24H,4-5,8,15-17H2,1-3H3,(H,25,27). The molecule has 2 aromatic rings. The van der Waals surface area contributed by atoms with Gasteiger partial charge in [0.25, 0.3) is 0 Å². The molecule has 0 aliphatic carbocycles. The zero-order valence-corrected chi connectivity index (χ0v) is 17.5. The van der Waals surface area contributed by atoms with Gasteiger partial charge < -0.3 is 20.3 Å². The summed E-state index contributed by atoms with van der Waals surface area (Å²) in [5.74, 6) is 0.802. The number of carbonyl (C=O) groups is 2. The molecule has 0 spiro atoms. The van der Waals surface area contributed by atoms with Crippen molar-refractivity contribution >= 4 is 23.2 Å². The normalized spacial score (nSPS) is 10.3. The van der Waals surface area contributed by atoms with Crippen LogP contribution >= 0.6 is 0 Å². The lowest BCUT2D eigenvalue weighted by molar-refractivity contribution is -0.128. The predicted octanol–water partition coefficient (Wildman–Crippen LogP) is 3.94. The van der Waals surface area contributed by atoms with Crippen LogP contribution in [0.15, 0.2) is 48.5 Å². The Balaban J connectivity index is 1.73. The van der Waals surface area contributed by atoms with Crippen molar-refractivity contribution in [2.24, 2.45) is 0 Å². The van der Waals surface area contributed by atoms with Gasteiger partial charge in [0.2, 0.25) is 11.8 Å². The molecule has 2 amide bonds. The number of anilines is 2. The van der Waals surface area contributed by atoms with Crippen molar-refractivity contribution in [2.75, 3.05) is 37.9 Å². The molecule has 2 N–H and O–H groups in total. The molecule has 29 heavy (non-hydrogen) atoms. The smallest absolute Gasteiger partial charge is 0.243 e. The monoisotopic (exact) mass is 397 g/mol. The molecule has 0 aromatic heterocycles. The molecule has 0 unspecified atom stereocenters. The summed E-state index contributed by atoms with van der Waals surface area (Å²) in [7, 11) is 3.52. The molecule has 2 rings (SSSR count). The summed E-state index contributed by atoms with van der Waals surface area (Å²) in [6, 6.07) is 15.2. The Labute approximate surface area is 173 Å². The van der Waals surface area contributed by atoms with Gasteiger partial charge in [-0.05, 0) is 54.8 Å². The highest BCUT2D eigenvalue weighted by Crippen LogP contribution is 2.16. The minimum absolute atomic E-state index is 0.115. The van der Waals surface area contributed by atoms with Crippen LogP contribution < -0.4 is 15.4 Å². The van der Waals surface area contributed by atoms with E-state index in [0.29, 0.717) is 19.4 Å². The maximum Gasteiger partial charge on any atom is 0.243 e. The fourth-order valence-electron chi connectivity index (χ4n) is 2.62. The highest BCUT2D eigenvalue weighted by atomic mass is 16.5. The number of hydrogen-bond donors (Lipinski definition) is 2. The molecule has 0 fully saturated rings. The molecule has 6 heteroatoms.